The Morgan fingerprint density at radius 1 is 1.54 bits per heavy atom. The van der Waals surface area contributed by atoms with E-state index in [0.29, 0.717) is 5.56 Å². The number of benzene rings is 1. The number of H-pyrrole nitrogens is 1. The average Bonchev–Trinajstić information content (AvgIpc) is 2.51. The van der Waals surface area contributed by atoms with Gasteiger partial charge in [-0.2, -0.15) is 5.10 Å². The van der Waals surface area contributed by atoms with Gasteiger partial charge in [0.05, 0.1) is 11.7 Å². The molecule has 0 saturated heterocycles. The minimum absolute atomic E-state index is 0.167. The van der Waals surface area contributed by atoms with Crippen LogP contribution in [0.1, 0.15) is 5.56 Å². The Labute approximate surface area is 73.5 Å². The molecule has 5 heteroatoms. The normalized spacial score (nSPS) is 10.5. The van der Waals surface area contributed by atoms with Gasteiger partial charge in [0.15, 0.2) is 0 Å². The van der Waals surface area contributed by atoms with Crippen molar-refractivity contribution in [2.75, 3.05) is 0 Å². The summed E-state index contributed by atoms with van der Waals surface area (Å²) in [5.41, 5.74) is 1.42. The van der Waals surface area contributed by atoms with Gasteiger partial charge in [-0.05, 0) is 0 Å². The number of nitrogens with zero attached hydrogens (tertiary/aromatic N) is 2. The van der Waals surface area contributed by atoms with Crippen LogP contribution in [0, 0.1) is 10.1 Å². The van der Waals surface area contributed by atoms with Gasteiger partial charge in [0.2, 0.25) is 6.54 Å². The first-order valence-corrected chi connectivity index (χ1v) is 3.80. The predicted molar refractivity (Wildman–Crippen MR) is 46.8 cm³/mol. The van der Waals surface area contributed by atoms with E-state index in [1.54, 1.807) is 18.3 Å². The molecule has 0 aliphatic carbocycles. The van der Waals surface area contributed by atoms with E-state index in [2.05, 4.69) is 10.2 Å². The van der Waals surface area contributed by atoms with Crippen LogP contribution in [0.4, 0.5) is 0 Å². The summed E-state index contributed by atoms with van der Waals surface area (Å²) in [6.45, 7) is -0.167. The van der Waals surface area contributed by atoms with Crippen molar-refractivity contribution in [3.8, 4) is 0 Å². The van der Waals surface area contributed by atoms with Gasteiger partial charge in [-0.15, -0.1) is 0 Å². The maximum atomic E-state index is 10.3. The lowest BCUT2D eigenvalue weighted by Crippen LogP contribution is -1.98. The lowest BCUT2D eigenvalue weighted by molar-refractivity contribution is -0.496. The van der Waals surface area contributed by atoms with E-state index >= 15 is 0 Å². The number of rotatable bonds is 2. The SMILES string of the molecule is O=[N+]([O-])Cc1cccc2cn[nH]c12. The second-order valence-electron chi connectivity index (χ2n) is 2.74. The molecule has 2 aromatic rings. The first-order chi connectivity index (χ1) is 6.27. The van der Waals surface area contributed by atoms with Crippen molar-refractivity contribution >= 4 is 10.9 Å². The lowest BCUT2D eigenvalue weighted by Gasteiger charge is -1.95. The number of nitrogens with one attached hydrogen (secondary N) is 1. The number of hydrogen-bond donors (Lipinski definition) is 1. The monoisotopic (exact) mass is 177 g/mol. The third-order valence-electron chi connectivity index (χ3n) is 1.86. The predicted octanol–water partition coefficient (Wildman–Crippen LogP) is 1.34. The molecule has 0 bridgehead atoms. The van der Waals surface area contributed by atoms with Crippen LogP contribution in [0.5, 0.6) is 0 Å². The van der Waals surface area contributed by atoms with Crippen LogP contribution in [0.15, 0.2) is 24.4 Å². The summed E-state index contributed by atoms with van der Waals surface area (Å²) in [6.07, 6.45) is 1.65. The molecule has 1 aromatic carbocycles. The smallest absolute Gasteiger partial charge is 0.231 e. The summed E-state index contributed by atoms with van der Waals surface area (Å²) in [7, 11) is 0. The first-order valence-electron chi connectivity index (χ1n) is 3.80. The fourth-order valence-electron chi connectivity index (χ4n) is 1.30. The summed E-state index contributed by atoms with van der Waals surface area (Å²) in [5, 5.41) is 17.8. The largest absolute Gasteiger partial charge is 0.277 e. The van der Waals surface area contributed by atoms with Gasteiger partial charge in [-0.25, -0.2) is 0 Å². The van der Waals surface area contributed by atoms with Crippen LogP contribution in [0.2, 0.25) is 0 Å². The number of aromatic nitrogens is 2. The first kappa shape index (κ1) is 7.72. The highest BCUT2D eigenvalue weighted by Crippen LogP contribution is 2.15. The molecule has 0 radical (unpaired) electrons. The van der Waals surface area contributed by atoms with Crippen LogP contribution in [-0.4, -0.2) is 15.1 Å². The van der Waals surface area contributed by atoms with Crippen molar-refractivity contribution in [1.82, 2.24) is 10.2 Å². The highest BCUT2D eigenvalue weighted by molar-refractivity contribution is 5.80. The molecule has 0 aliphatic rings. The molecular formula is C8H7N3O2. The highest BCUT2D eigenvalue weighted by atomic mass is 16.6. The molecule has 0 amide bonds. The third-order valence-corrected chi connectivity index (χ3v) is 1.86. The molecule has 1 heterocycles. The minimum atomic E-state index is -0.352. The van der Waals surface area contributed by atoms with Gasteiger partial charge < -0.3 is 0 Å². The standard InChI is InChI=1S/C8H7N3O2/c12-11(13)5-7-3-1-2-6-4-9-10-8(6)7/h1-4H,5H2,(H,9,10). The second-order valence-corrected chi connectivity index (χ2v) is 2.74. The Balaban J connectivity index is 2.54. The minimum Gasteiger partial charge on any atom is -0.277 e. The van der Waals surface area contributed by atoms with E-state index in [1.165, 1.54) is 0 Å². The second kappa shape index (κ2) is 2.85. The summed E-state index contributed by atoms with van der Waals surface area (Å²) in [4.78, 5) is 9.95. The molecule has 1 N–H and O–H groups in total. The fraction of sp³-hybridized carbons (Fsp3) is 0.125. The highest BCUT2D eigenvalue weighted by Gasteiger charge is 2.07. The molecule has 1 aromatic heterocycles. The zero-order valence-corrected chi connectivity index (χ0v) is 6.73. The van der Waals surface area contributed by atoms with Crippen LogP contribution in [0.3, 0.4) is 0 Å². The van der Waals surface area contributed by atoms with E-state index < -0.39 is 0 Å². The van der Waals surface area contributed by atoms with E-state index in [1.807, 2.05) is 6.07 Å². The quantitative estimate of drug-likeness (QED) is 0.555. The van der Waals surface area contributed by atoms with Gasteiger partial charge in [0.25, 0.3) is 0 Å². The van der Waals surface area contributed by atoms with Crippen LogP contribution >= 0.6 is 0 Å². The summed E-state index contributed by atoms with van der Waals surface area (Å²) in [6, 6.07) is 5.38. The Hall–Kier alpha value is -1.91. The molecule has 0 atom stereocenters. The molecule has 0 unspecified atom stereocenters. The Morgan fingerprint density at radius 3 is 3.15 bits per heavy atom. The Morgan fingerprint density at radius 2 is 2.38 bits per heavy atom. The Bertz CT molecular complexity index is 449. The van der Waals surface area contributed by atoms with Gasteiger partial charge in [0, 0.05) is 15.9 Å². The van der Waals surface area contributed by atoms with Gasteiger partial charge in [-0.3, -0.25) is 15.2 Å². The van der Waals surface area contributed by atoms with Crippen molar-refractivity contribution < 1.29 is 4.92 Å². The number of hydrogen-bond acceptors (Lipinski definition) is 3. The molecule has 5 nitrogen and oxygen atoms in total. The van der Waals surface area contributed by atoms with E-state index in [-0.39, 0.29) is 11.5 Å². The van der Waals surface area contributed by atoms with Gasteiger partial charge >= 0.3 is 0 Å². The maximum absolute atomic E-state index is 10.3. The summed E-state index contributed by atoms with van der Waals surface area (Å²) >= 11 is 0. The topological polar surface area (TPSA) is 71.8 Å². The number of para-hydroxylation sites is 1. The molecule has 2 rings (SSSR count). The average molecular weight is 177 g/mol. The molecule has 0 saturated carbocycles. The van der Waals surface area contributed by atoms with Crippen LogP contribution in [-0.2, 0) is 6.54 Å². The van der Waals surface area contributed by atoms with Crippen molar-refractivity contribution in [3.63, 3.8) is 0 Å². The van der Waals surface area contributed by atoms with Crippen molar-refractivity contribution in [2.24, 2.45) is 0 Å². The number of fused-ring (bicyclic) bond motifs is 1. The third kappa shape index (κ3) is 1.35. The molecule has 0 fully saturated rings. The summed E-state index contributed by atoms with van der Waals surface area (Å²) < 4.78 is 0. The molecule has 13 heavy (non-hydrogen) atoms. The molecular weight excluding hydrogens is 170 g/mol. The van der Waals surface area contributed by atoms with E-state index in [4.69, 9.17) is 0 Å². The fourth-order valence-corrected chi connectivity index (χ4v) is 1.30. The molecule has 0 aliphatic heterocycles. The van der Waals surface area contributed by atoms with Crippen molar-refractivity contribution in [2.45, 2.75) is 6.54 Å². The zero-order chi connectivity index (χ0) is 9.26. The van der Waals surface area contributed by atoms with Crippen molar-refractivity contribution in [1.29, 1.82) is 0 Å². The Kier molecular flexibility index (Phi) is 1.70. The lowest BCUT2D eigenvalue weighted by atomic mass is 10.1. The zero-order valence-electron chi connectivity index (χ0n) is 6.73. The number of aromatic amines is 1. The maximum Gasteiger partial charge on any atom is 0.231 e. The molecule has 0 spiro atoms. The van der Waals surface area contributed by atoms with Crippen LogP contribution in [0.25, 0.3) is 10.9 Å². The summed E-state index contributed by atoms with van der Waals surface area (Å²) in [5.74, 6) is 0. The van der Waals surface area contributed by atoms with Crippen LogP contribution < -0.4 is 0 Å². The van der Waals surface area contributed by atoms with Gasteiger partial charge in [-0.1, -0.05) is 18.2 Å². The van der Waals surface area contributed by atoms with Crippen molar-refractivity contribution in [3.05, 3.63) is 40.1 Å². The van der Waals surface area contributed by atoms with E-state index in [9.17, 15) is 10.1 Å². The molecule has 66 valence electrons. The van der Waals surface area contributed by atoms with E-state index in [0.717, 1.165) is 10.9 Å². The van der Waals surface area contributed by atoms with Gasteiger partial charge in [0.1, 0.15) is 0 Å². The number of nitro groups is 1.